The maximum atomic E-state index is 14.2. The van der Waals surface area contributed by atoms with E-state index in [0.29, 0.717) is 39.6 Å². The average Bonchev–Trinajstić information content (AvgIpc) is 3.48. The molecule has 1 amide bonds. The molecule has 1 aliphatic heterocycles. The van der Waals surface area contributed by atoms with Gasteiger partial charge in [0.25, 0.3) is 5.91 Å². The van der Waals surface area contributed by atoms with Crippen LogP contribution < -0.4 is 0 Å². The number of benzene rings is 2. The molecule has 2 aromatic carbocycles. The summed E-state index contributed by atoms with van der Waals surface area (Å²) < 4.78 is 28.3. The predicted molar refractivity (Wildman–Crippen MR) is 128 cm³/mol. The van der Waals surface area contributed by atoms with Crippen LogP contribution in [0.2, 0.25) is 0 Å². The SMILES string of the molecule is CS(=O)c1cn(-c2ncc(-c3ccccc3F)cn2)c2cc(C(=O)N3CCC[C@@H]3CO)ccc12. The fourth-order valence-electron chi connectivity index (χ4n) is 4.46. The molecule has 0 saturated carbocycles. The first kappa shape index (κ1) is 22.4. The van der Waals surface area contributed by atoms with Gasteiger partial charge in [-0.3, -0.25) is 13.6 Å². The van der Waals surface area contributed by atoms with Crippen molar-refractivity contribution in [1.82, 2.24) is 19.4 Å². The summed E-state index contributed by atoms with van der Waals surface area (Å²) in [7, 11) is -1.27. The van der Waals surface area contributed by atoms with Crippen LogP contribution in [0.1, 0.15) is 23.2 Å². The second-order valence-corrected chi connectivity index (χ2v) is 9.63. The first-order valence-electron chi connectivity index (χ1n) is 11.0. The lowest BCUT2D eigenvalue weighted by Crippen LogP contribution is -2.37. The van der Waals surface area contributed by atoms with Crippen LogP contribution in [0.15, 0.2) is 66.0 Å². The Kier molecular flexibility index (Phi) is 5.97. The van der Waals surface area contributed by atoms with Crippen molar-refractivity contribution in [2.45, 2.75) is 23.8 Å². The Morgan fingerprint density at radius 1 is 1.21 bits per heavy atom. The summed E-state index contributed by atoms with van der Waals surface area (Å²) in [6, 6.07) is 11.5. The van der Waals surface area contributed by atoms with E-state index in [4.69, 9.17) is 0 Å². The number of aromatic nitrogens is 3. The lowest BCUT2D eigenvalue weighted by Gasteiger charge is -2.23. The highest BCUT2D eigenvalue weighted by molar-refractivity contribution is 7.84. The highest BCUT2D eigenvalue weighted by Gasteiger charge is 2.29. The van der Waals surface area contributed by atoms with Crippen LogP contribution in [-0.2, 0) is 10.8 Å². The van der Waals surface area contributed by atoms with Crippen LogP contribution >= 0.6 is 0 Å². The van der Waals surface area contributed by atoms with Gasteiger partial charge >= 0.3 is 0 Å². The number of amides is 1. The van der Waals surface area contributed by atoms with Gasteiger partial charge in [-0.15, -0.1) is 0 Å². The molecule has 7 nitrogen and oxygen atoms in total. The third-order valence-corrected chi connectivity index (χ3v) is 7.16. The summed E-state index contributed by atoms with van der Waals surface area (Å²) in [5, 5.41) is 10.3. The van der Waals surface area contributed by atoms with Crippen molar-refractivity contribution in [2.75, 3.05) is 19.4 Å². The number of rotatable bonds is 5. The van der Waals surface area contributed by atoms with Crippen molar-refractivity contribution >= 4 is 27.6 Å². The third-order valence-electron chi connectivity index (χ3n) is 6.21. The maximum Gasteiger partial charge on any atom is 0.254 e. The van der Waals surface area contributed by atoms with Crippen LogP contribution in [-0.4, -0.2) is 60.1 Å². The molecule has 0 radical (unpaired) electrons. The molecule has 0 bridgehead atoms. The number of hydrogen-bond acceptors (Lipinski definition) is 5. The molecule has 1 unspecified atom stereocenters. The predicted octanol–water partition coefficient (Wildman–Crippen LogP) is 3.56. The van der Waals surface area contributed by atoms with Gasteiger partial charge in [0.15, 0.2) is 0 Å². The van der Waals surface area contributed by atoms with Crippen LogP contribution in [0.3, 0.4) is 0 Å². The summed E-state index contributed by atoms with van der Waals surface area (Å²) in [4.78, 5) is 24.3. The highest BCUT2D eigenvalue weighted by atomic mass is 32.2. The molecule has 0 spiro atoms. The Balaban J connectivity index is 1.58. The van der Waals surface area contributed by atoms with Gasteiger partial charge in [-0.05, 0) is 31.0 Å². The second kappa shape index (κ2) is 9.08. The van der Waals surface area contributed by atoms with Crippen LogP contribution in [0.25, 0.3) is 28.0 Å². The van der Waals surface area contributed by atoms with Gasteiger partial charge < -0.3 is 10.0 Å². The number of nitrogens with zero attached hydrogens (tertiary/aromatic N) is 4. The molecule has 34 heavy (non-hydrogen) atoms. The summed E-state index contributed by atoms with van der Waals surface area (Å²) in [5.41, 5.74) is 2.06. The highest BCUT2D eigenvalue weighted by Crippen LogP contribution is 2.29. The average molecular weight is 479 g/mol. The number of halogens is 1. The van der Waals surface area contributed by atoms with Gasteiger partial charge in [-0.2, -0.15) is 0 Å². The first-order chi connectivity index (χ1) is 16.5. The van der Waals surface area contributed by atoms with Crippen molar-refractivity contribution < 1.29 is 18.5 Å². The largest absolute Gasteiger partial charge is 0.394 e. The Morgan fingerprint density at radius 2 is 1.97 bits per heavy atom. The van der Waals surface area contributed by atoms with Crippen molar-refractivity contribution in [3.63, 3.8) is 0 Å². The molecule has 1 N–H and O–H groups in total. The van der Waals surface area contributed by atoms with Crippen LogP contribution in [0.4, 0.5) is 4.39 Å². The van der Waals surface area contributed by atoms with E-state index in [0.717, 1.165) is 18.2 Å². The Hall–Kier alpha value is -3.43. The minimum Gasteiger partial charge on any atom is -0.394 e. The monoisotopic (exact) mass is 478 g/mol. The van der Waals surface area contributed by atoms with Crippen LogP contribution in [0.5, 0.6) is 0 Å². The van der Waals surface area contributed by atoms with Gasteiger partial charge in [0.1, 0.15) is 5.82 Å². The molecule has 3 heterocycles. The fraction of sp³-hybridized carbons (Fsp3) is 0.240. The molecule has 4 aromatic rings. The Bertz CT molecular complexity index is 1400. The number of aliphatic hydroxyl groups excluding tert-OH is 1. The molecule has 2 aromatic heterocycles. The molecule has 1 saturated heterocycles. The number of likely N-dealkylation sites (tertiary alicyclic amines) is 1. The van der Waals surface area contributed by atoms with Gasteiger partial charge in [0, 0.05) is 53.5 Å². The zero-order valence-corrected chi connectivity index (χ0v) is 19.3. The molecule has 9 heteroatoms. The van der Waals surface area contributed by atoms with Crippen molar-refractivity contribution in [2.24, 2.45) is 0 Å². The van der Waals surface area contributed by atoms with E-state index < -0.39 is 10.8 Å². The number of carbonyl (C=O) groups excluding carboxylic acids is 1. The quantitative estimate of drug-likeness (QED) is 0.474. The van der Waals surface area contributed by atoms with E-state index >= 15 is 0 Å². The van der Waals surface area contributed by atoms with Crippen molar-refractivity contribution in [3.8, 4) is 17.1 Å². The van der Waals surface area contributed by atoms with Crippen molar-refractivity contribution in [3.05, 3.63) is 72.4 Å². The normalized spacial score (nSPS) is 16.8. The number of carbonyl (C=O) groups is 1. The fourth-order valence-corrected chi connectivity index (χ4v) is 5.20. The standard InChI is InChI=1S/C25H23FN4O3S/c1-34(33)23-14-30(25-27-12-17(13-28-25)19-6-2-3-7-21(19)26)22-11-16(8-9-20(22)23)24(32)29-10-4-5-18(29)15-31/h2-3,6-9,11-14,18,31H,4-5,10,15H2,1H3/t18-,34?/m1/s1. The van der Waals surface area contributed by atoms with E-state index in [1.807, 2.05) is 0 Å². The maximum absolute atomic E-state index is 14.2. The molecule has 5 rings (SSSR count). The van der Waals surface area contributed by atoms with E-state index in [2.05, 4.69) is 9.97 Å². The molecule has 174 valence electrons. The molecule has 1 aliphatic rings. The third kappa shape index (κ3) is 3.91. The number of fused-ring (bicyclic) bond motifs is 1. The molecule has 2 atom stereocenters. The van der Waals surface area contributed by atoms with E-state index in [-0.39, 0.29) is 24.4 Å². The molecular formula is C25H23FN4O3S. The minimum atomic E-state index is -1.27. The van der Waals surface area contributed by atoms with Gasteiger partial charge in [-0.25, -0.2) is 14.4 Å². The first-order valence-corrected chi connectivity index (χ1v) is 12.5. The lowest BCUT2D eigenvalue weighted by molar-refractivity contribution is 0.0677. The van der Waals surface area contributed by atoms with Gasteiger partial charge in [0.05, 0.1) is 33.9 Å². The number of aliphatic hydroxyl groups is 1. The van der Waals surface area contributed by atoms with Crippen molar-refractivity contribution in [1.29, 1.82) is 0 Å². The zero-order valence-electron chi connectivity index (χ0n) is 18.5. The minimum absolute atomic E-state index is 0.0640. The lowest BCUT2D eigenvalue weighted by atomic mass is 10.1. The topological polar surface area (TPSA) is 88.3 Å². The van der Waals surface area contributed by atoms with E-state index in [1.54, 1.807) is 70.7 Å². The summed E-state index contributed by atoms with van der Waals surface area (Å²) in [6.07, 6.45) is 8.02. The Labute approximate surface area is 198 Å². The number of hydrogen-bond donors (Lipinski definition) is 1. The summed E-state index contributed by atoms with van der Waals surface area (Å²) in [5.74, 6) is -0.192. The molecule has 0 aliphatic carbocycles. The summed E-state index contributed by atoms with van der Waals surface area (Å²) in [6.45, 7) is 0.541. The van der Waals surface area contributed by atoms with Gasteiger partial charge in [0.2, 0.25) is 5.95 Å². The second-order valence-electron chi connectivity index (χ2n) is 8.28. The van der Waals surface area contributed by atoms with E-state index in [9.17, 15) is 18.5 Å². The molecule has 1 fully saturated rings. The van der Waals surface area contributed by atoms with Gasteiger partial charge in [-0.1, -0.05) is 24.3 Å². The van der Waals surface area contributed by atoms with E-state index in [1.165, 1.54) is 6.07 Å². The smallest absolute Gasteiger partial charge is 0.254 e. The Morgan fingerprint density at radius 3 is 2.68 bits per heavy atom. The molecular weight excluding hydrogens is 455 g/mol. The zero-order chi connectivity index (χ0) is 23.8. The summed E-state index contributed by atoms with van der Waals surface area (Å²) >= 11 is 0. The van der Waals surface area contributed by atoms with Crippen LogP contribution in [0, 0.1) is 5.82 Å².